The predicted octanol–water partition coefficient (Wildman–Crippen LogP) is 2.41. The number of carbonyl (C=O) groups is 3. The van der Waals surface area contributed by atoms with E-state index in [1.54, 1.807) is 26.2 Å². The van der Waals surface area contributed by atoms with E-state index in [9.17, 15) is 14.4 Å². The Balaban J connectivity index is 1.30. The summed E-state index contributed by atoms with van der Waals surface area (Å²) in [5.74, 6) is 0.129. The first-order valence-electron chi connectivity index (χ1n) is 12.7. The average molecular weight is 505 g/mol. The van der Waals surface area contributed by atoms with Crippen LogP contribution in [0.25, 0.3) is 0 Å². The van der Waals surface area contributed by atoms with Crippen LogP contribution in [0.3, 0.4) is 0 Å². The molecule has 36 heavy (non-hydrogen) atoms. The molecule has 2 saturated heterocycles. The van der Waals surface area contributed by atoms with Gasteiger partial charge in [0.1, 0.15) is 6.10 Å². The smallest absolute Gasteiger partial charge is 0.411 e. The lowest BCUT2D eigenvalue weighted by molar-refractivity contribution is -0.149. The van der Waals surface area contributed by atoms with E-state index >= 15 is 0 Å². The molecule has 10 heteroatoms. The second-order valence-electron chi connectivity index (χ2n) is 9.46. The van der Waals surface area contributed by atoms with Crippen molar-refractivity contribution in [1.29, 1.82) is 0 Å². The molecule has 0 bridgehead atoms. The molecule has 0 aromatic heterocycles. The van der Waals surface area contributed by atoms with Crippen LogP contribution in [0.2, 0.25) is 0 Å². The Morgan fingerprint density at radius 1 is 1.00 bits per heavy atom. The molecule has 2 aliphatic heterocycles. The number of nitrogens with zero attached hydrogens (tertiary/aromatic N) is 3. The minimum Gasteiger partial charge on any atom is -0.446 e. The Morgan fingerprint density at radius 2 is 1.64 bits per heavy atom. The van der Waals surface area contributed by atoms with Crippen LogP contribution in [0.15, 0.2) is 30.3 Å². The molecule has 0 unspecified atom stereocenters. The number of nitrogens with one attached hydrogen (secondary N) is 1. The minimum atomic E-state index is -0.441. The molecule has 0 saturated carbocycles. The lowest BCUT2D eigenvalue weighted by atomic mass is 9.95. The number of methoxy groups -OCH3 is 2. The van der Waals surface area contributed by atoms with E-state index in [0.717, 1.165) is 25.9 Å². The molecule has 0 spiro atoms. The SMILES string of the molecule is COC(CN(C)C(=O)C1CCN(C(=O)CCN2CCC(OC(=O)Nc3ccccc3)CC2)CC1)OC. The Bertz CT molecular complexity index is 834. The lowest BCUT2D eigenvalue weighted by Crippen LogP contribution is -2.46. The zero-order chi connectivity index (χ0) is 25.9. The van der Waals surface area contributed by atoms with Crippen LogP contribution in [-0.4, -0.2) is 106 Å². The summed E-state index contributed by atoms with van der Waals surface area (Å²) in [6, 6.07) is 9.25. The maximum atomic E-state index is 12.8. The normalized spacial score (nSPS) is 17.7. The van der Waals surface area contributed by atoms with Crippen LogP contribution in [0.5, 0.6) is 0 Å². The van der Waals surface area contributed by atoms with Crippen molar-refractivity contribution < 1.29 is 28.6 Å². The number of likely N-dealkylation sites (N-methyl/N-ethyl adjacent to an activating group) is 1. The molecule has 1 aromatic rings. The van der Waals surface area contributed by atoms with Gasteiger partial charge in [0.05, 0.1) is 6.54 Å². The summed E-state index contributed by atoms with van der Waals surface area (Å²) in [5.41, 5.74) is 0.713. The third kappa shape index (κ3) is 8.46. The van der Waals surface area contributed by atoms with E-state index in [4.69, 9.17) is 14.2 Å². The molecule has 0 aliphatic carbocycles. The topological polar surface area (TPSA) is 101 Å². The summed E-state index contributed by atoms with van der Waals surface area (Å²) >= 11 is 0. The molecule has 1 N–H and O–H groups in total. The van der Waals surface area contributed by atoms with E-state index < -0.39 is 12.4 Å². The summed E-state index contributed by atoms with van der Waals surface area (Å²) in [7, 11) is 4.87. The minimum absolute atomic E-state index is 0.0729. The molecule has 10 nitrogen and oxygen atoms in total. The monoisotopic (exact) mass is 504 g/mol. The zero-order valence-corrected chi connectivity index (χ0v) is 21.7. The van der Waals surface area contributed by atoms with E-state index in [-0.39, 0.29) is 23.8 Å². The summed E-state index contributed by atoms with van der Waals surface area (Å²) in [4.78, 5) is 43.4. The third-order valence-corrected chi connectivity index (χ3v) is 6.99. The number of piperidine rings is 2. The van der Waals surface area contributed by atoms with Gasteiger partial charge in [0, 0.05) is 72.0 Å². The predicted molar refractivity (Wildman–Crippen MR) is 135 cm³/mol. The Kier molecular flexibility index (Phi) is 11.0. The quantitative estimate of drug-likeness (QED) is 0.489. The number of benzene rings is 1. The van der Waals surface area contributed by atoms with Gasteiger partial charge in [-0.3, -0.25) is 14.9 Å². The molecule has 1 aromatic carbocycles. The van der Waals surface area contributed by atoms with Crippen LogP contribution < -0.4 is 5.32 Å². The molecule has 2 heterocycles. The summed E-state index contributed by atoms with van der Waals surface area (Å²) < 4.78 is 15.9. The van der Waals surface area contributed by atoms with Gasteiger partial charge >= 0.3 is 6.09 Å². The van der Waals surface area contributed by atoms with Crippen molar-refractivity contribution >= 4 is 23.6 Å². The van der Waals surface area contributed by atoms with Crippen molar-refractivity contribution in [2.24, 2.45) is 5.92 Å². The molecule has 0 radical (unpaired) electrons. The number of carbonyl (C=O) groups excluding carboxylic acids is 3. The van der Waals surface area contributed by atoms with Crippen molar-refractivity contribution in [3.8, 4) is 0 Å². The number of rotatable bonds is 10. The van der Waals surface area contributed by atoms with Crippen LogP contribution in [0.1, 0.15) is 32.1 Å². The second kappa shape index (κ2) is 14.2. The standard InChI is InChI=1S/C26H40N4O6/c1-28(19-24(34-2)35-3)25(32)20-9-17-30(18-10-20)23(31)13-16-29-14-11-22(12-15-29)36-26(33)27-21-7-5-4-6-8-21/h4-8,20,22,24H,9-19H2,1-3H3,(H,27,33). The molecule has 3 rings (SSSR count). The lowest BCUT2D eigenvalue weighted by Gasteiger charge is -2.35. The highest BCUT2D eigenvalue weighted by Crippen LogP contribution is 2.21. The molecular weight excluding hydrogens is 464 g/mol. The summed E-state index contributed by atoms with van der Waals surface area (Å²) in [5, 5.41) is 2.75. The van der Waals surface area contributed by atoms with Crippen molar-refractivity contribution in [3.63, 3.8) is 0 Å². The Morgan fingerprint density at radius 3 is 2.25 bits per heavy atom. The molecule has 200 valence electrons. The Hall–Kier alpha value is -2.69. The molecule has 2 aliphatic rings. The number of para-hydroxylation sites is 1. The van der Waals surface area contributed by atoms with Crippen molar-refractivity contribution in [1.82, 2.24) is 14.7 Å². The maximum Gasteiger partial charge on any atom is 0.411 e. The second-order valence-corrected chi connectivity index (χ2v) is 9.46. The summed E-state index contributed by atoms with van der Waals surface area (Å²) in [6.07, 6.45) is 2.33. The van der Waals surface area contributed by atoms with E-state index in [2.05, 4.69) is 10.2 Å². The van der Waals surface area contributed by atoms with Gasteiger partial charge in [0.2, 0.25) is 11.8 Å². The van der Waals surface area contributed by atoms with Gasteiger partial charge in [0.15, 0.2) is 6.29 Å². The number of hydrogen-bond acceptors (Lipinski definition) is 7. The average Bonchev–Trinajstić information content (AvgIpc) is 2.91. The van der Waals surface area contributed by atoms with Gasteiger partial charge in [-0.15, -0.1) is 0 Å². The molecular formula is C26H40N4O6. The highest BCUT2D eigenvalue weighted by molar-refractivity contribution is 5.84. The highest BCUT2D eigenvalue weighted by atomic mass is 16.7. The summed E-state index contributed by atoms with van der Waals surface area (Å²) in [6.45, 7) is 3.87. The van der Waals surface area contributed by atoms with E-state index in [1.165, 1.54) is 0 Å². The van der Waals surface area contributed by atoms with Crippen molar-refractivity contribution in [3.05, 3.63) is 30.3 Å². The van der Waals surface area contributed by atoms with Gasteiger partial charge in [-0.1, -0.05) is 18.2 Å². The van der Waals surface area contributed by atoms with Crippen LogP contribution >= 0.6 is 0 Å². The Labute approximate surface area is 213 Å². The third-order valence-electron chi connectivity index (χ3n) is 6.99. The molecule has 3 amide bonds. The first kappa shape index (κ1) is 27.9. The van der Waals surface area contributed by atoms with Gasteiger partial charge in [0.25, 0.3) is 0 Å². The number of anilines is 1. The first-order chi connectivity index (χ1) is 17.4. The van der Waals surface area contributed by atoms with Gasteiger partial charge in [-0.05, 0) is 37.8 Å². The number of ether oxygens (including phenoxy) is 3. The van der Waals surface area contributed by atoms with Crippen molar-refractivity contribution in [2.75, 3.05) is 65.9 Å². The van der Waals surface area contributed by atoms with Crippen LogP contribution in [-0.2, 0) is 23.8 Å². The number of hydrogen-bond donors (Lipinski definition) is 1. The first-order valence-corrected chi connectivity index (χ1v) is 12.7. The van der Waals surface area contributed by atoms with Gasteiger partial charge < -0.3 is 28.9 Å². The maximum absolute atomic E-state index is 12.8. The molecule has 2 fully saturated rings. The van der Waals surface area contributed by atoms with E-state index in [1.807, 2.05) is 35.2 Å². The fourth-order valence-electron chi connectivity index (χ4n) is 4.73. The fourth-order valence-corrected chi connectivity index (χ4v) is 4.73. The number of amides is 3. The van der Waals surface area contributed by atoms with Crippen molar-refractivity contribution in [2.45, 2.75) is 44.5 Å². The van der Waals surface area contributed by atoms with Crippen LogP contribution in [0.4, 0.5) is 10.5 Å². The van der Waals surface area contributed by atoms with Gasteiger partial charge in [-0.2, -0.15) is 0 Å². The molecule has 0 atom stereocenters. The largest absolute Gasteiger partial charge is 0.446 e. The number of likely N-dealkylation sites (tertiary alicyclic amines) is 2. The zero-order valence-electron chi connectivity index (χ0n) is 21.7. The fraction of sp³-hybridized carbons (Fsp3) is 0.654. The van der Waals surface area contributed by atoms with Crippen LogP contribution in [0, 0.1) is 5.92 Å². The van der Waals surface area contributed by atoms with E-state index in [0.29, 0.717) is 51.1 Å². The highest BCUT2D eigenvalue weighted by Gasteiger charge is 2.30. The van der Waals surface area contributed by atoms with Gasteiger partial charge in [-0.25, -0.2) is 4.79 Å².